The maximum absolute atomic E-state index is 12.9. The van der Waals surface area contributed by atoms with Crippen LogP contribution in [0.15, 0.2) is 84.9 Å². The molecule has 1 aromatic heterocycles. The Morgan fingerprint density at radius 2 is 1.66 bits per heavy atom. The van der Waals surface area contributed by atoms with Crippen LogP contribution in [0.1, 0.15) is 10.4 Å². The lowest BCUT2D eigenvalue weighted by Gasteiger charge is -2.11. The standard InChI is InChI=1S/C24H15ClN2OS/c25-18-11-12-20(19(14-18)24-27-21-7-3-4-8-22(21)29-24)26-23(28)17-10-9-15-5-1-2-6-16(15)13-17/h1-14H,(H,26,28). The SMILES string of the molecule is O=C(Nc1ccc(Cl)cc1-c1nc2ccccc2s1)c1ccc2ccccc2c1. The monoisotopic (exact) mass is 414 g/mol. The maximum Gasteiger partial charge on any atom is 0.255 e. The predicted octanol–water partition coefficient (Wildman–Crippen LogP) is 7.02. The van der Waals surface area contributed by atoms with E-state index in [1.807, 2.05) is 78.9 Å². The smallest absolute Gasteiger partial charge is 0.255 e. The molecule has 0 atom stereocenters. The first-order chi connectivity index (χ1) is 14.2. The van der Waals surface area contributed by atoms with Crippen LogP contribution in [0, 0.1) is 0 Å². The van der Waals surface area contributed by atoms with Gasteiger partial charge in [-0.2, -0.15) is 0 Å². The van der Waals surface area contributed by atoms with E-state index in [0.29, 0.717) is 16.3 Å². The zero-order chi connectivity index (χ0) is 19.8. The van der Waals surface area contributed by atoms with Crippen molar-refractivity contribution in [2.75, 3.05) is 5.32 Å². The van der Waals surface area contributed by atoms with Crippen LogP contribution in [0.25, 0.3) is 31.6 Å². The Hall–Kier alpha value is -3.21. The molecule has 1 N–H and O–H groups in total. The summed E-state index contributed by atoms with van der Waals surface area (Å²) in [7, 11) is 0. The van der Waals surface area contributed by atoms with Gasteiger partial charge in [0.1, 0.15) is 5.01 Å². The van der Waals surface area contributed by atoms with Crippen LogP contribution in [0.2, 0.25) is 5.02 Å². The van der Waals surface area contributed by atoms with E-state index >= 15 is 0 Å². The number of aromatic nitrogens is 1. The molecular weight excluding hydrogens is 400 g/mol. The van der Waals surface area contributed by atoms with E-state index in [9.17, 15) is 4.79 Å². The number of nitrogens with zero attached hydrogens (tertiary/aromatic N) is 1. The molecule has 1 heterocycles. The van der Waals surface area contributed by atoms with Crippen molar-refractivity contribution in [2.45, 2.75) is 0 Å². The highest BCUT2D eigenvalue weighted by molar-refractivity contribution is 7.21. The maximum atomic E-state index is 12.9. The molecular formula is C24H15ClN2OS. The number of para-hydroxylation sites is 1. The van der Waals surface area contributed by atoms with Crippen LogP contribution >= 0.6 is 22.9 Å². The van der Waals surface area contributed by atoms with Crippen LogP contribution in [0.4, 0.5) is 5.69 Å². The Balaban J connectivity index is 1.53. The summed E-state index contributed by atoms with van der Waals surface area (Å²) >= 11 is 7.83. The Bertz CT molecular complexity index is 1340. The van der Waals surface area contributed by atoms with E-state index in [0.717, 1.165) is 31.6 Å². The van der Waals surface area contributed by atoms with Crippen LogP contribution in [-0.4, -0.2) is 10.9 Å². The van der Waals surface area contributed by atoms with E-state index in [1.54, 1.807) is 17.4 Å². The minimum atomic E-state index is -0.166. The van der Waals surface area contributed by atoms with Gasteiger partial charge in [0, 0.05) is 16.1 Å². The van der Waals surface area contributed by atoms with Gasteiger partial charge in [0.15, 0.2) is 0 Å². The molecule has 0 saturated heterocycles. The third-order valence-electron chi connectivity index (χ3n) is 4.77. The normalized spacial score (nSPS) is 11.1. The first kappa shape index (κ1) is 17.9. The number of benzene rings is 4. The van der Waals surface area contributed by atoms with Gasteiger partial charge in [-0.15, -0.1) is 11.3 Å². The molecule has 3 nitrogen and oxygen atoms in total. The van der Waals surface area contributed by atoms with Crippen LogP contribution in [0.3, 0.4) is 0 Å². The van der Waals surface area contributed by atoms with Gasteiger partial charge in [-0.05, 0) is 53.2 Å². The molecule has 0 fully saturated rings. The molecule has 0 unspecified atom stereocenters. The number of carbonyl (C=O) groups excluding carboxylic acids is 1. The Morgan fingerprint density at radius 1 is 0.862 bits per heavy atom. The predicted molar refractivity (Wildman–Crippen MR) is 122 cm³/mol. The van der Waals surface area contributed by atoms with Crippen molar-refractivity contribution in [3.63, 3.8) is 0 Å². The van der Waals surface area contributed by atoms with Crippen LogP contribution in [-0.2, 0) is 0 Å². The molecule has 0 bridgehead atoms. The third-order valence-corrected chi connectivity index (χ3v) is 6.07. The number of amides is 1. The van der Waals surface area contributed by atoms with Crippen molar-refractivity contribution in [1.82, 2.24) is 4.98 Å². The molecule has 1 amide bonds. The number of carbonyl (C=O) groups is 1. The Kier molecular flexibility index (Phi) is 4.51. The fourth-order valence-corrected chi connectivity index (χ4v) is 4.48. The molecule has 5 aromatic rings. The topological polar surface area (TPSA) is 42.0 Å². The second-order valence-electron chi connectivity index (χ2n) is 6.69. The molecule has 0 aliphatic heterocycles. The summed E-state index contributed by atoms with van der Waals surface area (Å²) in [5, 5.41) is 6.59. The van der Waals surface area contributed by atoms with Gasteiger partial charge >= 0.3 is 0 Å². The second kappa shape index (κ2) is 7.32. The number of hydrogen-bond acceptors (Lipinski definition) is 3. The quantitative estimate of drug-likeness (QED) is 0.344. The average Bonchev–Trinajstić information content (AvgIpc) is 3.18. The lowest BCUT2D eigenvalue weighted by atomic mass is 10.1. The first-order valence-electron chi connectivity index (χ1n) is 9.13. The van der Waals surface area contributed by atoms with Gasteiger partial charge < -0.3 is 5.32 Å². The summed E-state index contributed by atoms with van der Waals surface area (Å²) in [5.74, 6) is -0.166. The van der Waals surface area contributed by atoms with Crippen LogP contribution in [0.5, 0.6) is 0 Å². The highest BCUT2D eigenvalue weighted by Crippen LogP contribution is 2.36. The van der Waals surface area contributed by atoms with E-state index in [2.05, 4.69) is 5.32 Å². The molecule has 0 saturated carbocycles. The Morgan fingerprint density at radius 3 is 2.52 bits per heavy atom. The van der Waals surface area contributed by atoms with E-state index < -0.39 is 0 Å². The zero-order valence-electron chi connectivity index (χ0n) is 15.2. The van der Waals surface area contributed by atoms with Crippen molar-refractivity contribution >= 4 is 55.5 Å². The second-order valence-corrected chi connectivity index (χ2v) is 8.16. The molecule has 0 aliphatic carbocycles. The molecule has 4 aromatic carbocycles. The average molecular weight is 415 g/mol. The van der Waals surface area contributed by atoms with Gasteiger partial charge in [0.2, 0.25) is 0 Å². The highest BCUT2D eigenvalue weighted by Gasteiger charge is 2.15. The van der Waals surface area contributed by atoms with Crippen molar-refractivity contribution < 1.29 is 4.79 Å². The summed E-state index contributed by atoms with van der Waals surface area (Å²) in [6.45, 7) is 0. The number of thiazole rings is 1. The molecule has 0 radical (unpaired) electrons. The lowest BCUT2D eigenvalue weighted by molar-refractivity contribution is 0.102. The van der Waals surface area contributed by atoms with Crippen molar-refractivity contribution in [2.24, 2.45) is 0 Å². The van der Waals surface area contributed by atoms with Gasteiger partial charge in [0.25, 0.3) is 5.91 Å². The molecule has 140 valence electrons. The van der Waals surface area contributed by atoms with E-state index in [1.165, 1.54) is 0 Å². The number of rotatable bonds is 3. The molecule has 29 heavy (non-hydrogen) atoms. The molecule has 5 rings (SSSR count). The fraction of sp³-hybridized carbons (Fsp3) is 0. The summed E-state index contributed by atoms with van der Waals surface area (Å²) in [5.41, 5.74) is 3.03. The third kappa shape index (κ3) is 3.48. The Labute approximate surface area is 176 Å². The molecule has 0 aliphatic rings. The van der Waals surface area contributed by atoms with Crippen LogP contribution < -0.4 is 5.32 Å². The zero-order valence-corrected chi connectivity index (χ0v) is 16.8. The summed E-state index contributed by atoms with van der Waals surface area (Å²) in [4.78, 5) is 17.7. The van der Waals surface area contributed by atoms with Gasteiger partial charge in [-0.25, -0.2) is 4.98 Å². The summed E-state index contributed by atoms with van der Waals surface area (Å²) in [6, 6.07) is 27.1. The largest absolute Gasteiger partial charge is 0.321 e. The van der Waals surface area contributed by atoms with Gasteiger partial charge in [-0.3, -0.25) is 4.79 Å². The number of halogens is 1. The minimum Gasteiger partial charge on any atom is -0.321 e. The lowest BCUT2D eigenvalue weighted by Crippen LogP contribution is -2.12. The van der Waals surface area contributed by atoms with Gasteiger partial charge in [-0.1, -0.05) is 54.1 Å². The highest BCUT2D eigenvalue weighted by atomic mass is 35.5. The minimum absolute atomic E-state index is 0.166. The van der Waals surface area contributed by atoms with E-state index in [4.69, 9.17) is 16.6 Å². The molecule has 0 spiro atoms. The number of anilines is 1. The number of fused-ring (bicyclic) bond motifs is 2. The van der Waals surface area contributed by atoms with E-state index in [-0.39, 0.29) is 5.91 Å². The van der Waals surface area contributed by atoms with Crippen molar-refractivity contribution in [1.29, 1.82) is 0 Å². The van der Waals surface area contributed by atoms with Gasteiger partial charge in [0.05, 0.1) is 15.9 Å². The number of nitrogens with one attached hydrogen (secondary N) is 1. The summed E-state index contributed by atoms with van der Waals surface area (Å²) in [6.07, 6.45) is 0. The number of hydrogen-bond donors (Lipinski definition) is 1. The first-order valence-corrected chi connectivity index (χ1v) is 10.3. The van der Waals surface area contributed by atoms with Crippen molar-refractivity contribution in [3.05, 3.63) is 95.5 Å². The summed E-state index contributed by atoms with van der Waals surface area (Å²) < 4.78 is 1.09. The van der Waals surface area contributed by atoms with Crippen molar-refractivity contribution in [3.8, 4) is 10.6 Å². The fourth-order valence-electron chi connectivity index (χ4n) is 3.31. The molecule has 5 heteroatoms.